The molecule has 0 aliphatic heterocycles. The van der Waals surface area contributed by atoms with E-state index in [0.29, 0.717) is 17.5 Å². The van der Waals surface area contributed by atoms with Gasteiger partial charge in [0.05, 0.1) is 11.4 Å². The van der Waals surface area contributed by atoms with Gasteiger partial charge in [0.15, 0.2) is 5.82 Å². The number of rotatable bonds is 8. The second kappa shape index (κ2) is 8.46. The number of anilines is 1. The molecule has 0 unspecified atom stereocenters. The Morgan fingerprint density at radius 1 is 1.23 bits per heavy atom. The molecular formula is C18H25N3O4S. The quantitative estimate of drug-likeness (QED) is 0.761. The Morgan fingerprint density at radius 3 is 2.42 bits per heavy atom. The number of unbranched alkanes of at least 4 members (excludes halogenated alkanes) is 1. The molecule has 7 nitrogen and oxygen atoms in total. The average Bonchev–Trinajstić information content (AvgIpc) is 3.02. The fourth-order valence-electron chi connectivity index (χ4n) is 2.94. The molecule has 0 bridgehead atoms. The molecule has 2 aromatic rings. The number of aryl methyl sites for hydroxylation is 3. The number of aromatic nitrogens is 1. The van der Waals surface area contributed by atoms with Gasteiger partial charge in [0.25, 0.3) is 0 Å². The first-order valence-electron chi connectivity index (χ1n) is 8.54. The van der Waals surface area contributed by atoms with Crippen molar-refractivity contribution in [2.75, 3.05) is 18.4 Å². The number of carbonyl (C=O) groups is 1. The highest BCUT2D eigenvalue weighted by Crippen LogP contribution is 2.25. The van der Waals surface area contributed by atoms with Gasteiger partial charge in [-0.15, -0.1) is 0 Å². The van der Waals surface area contributed by atoms with Crippen molar-refractivity contribution in [2.45, 2.75) is 45.4 Å². The van der Waals surface area contributed by atoms with E-state index in [0.717, 1.165) is 12.0 Å². The Labute approximate surface area is 154 Å². The summed E-state index contributed by atoms with van der Waals surface area (Å²) in [6.07, 6.45) is 2.82. The van der Waals surface area contributed by atoms with Crippen molar-refractivity contribution >= 4 is 21.7 Å². The summed E-state index contributed by atoms with van der Waals surface area (Å²) in [5.74, 6) is -0.202. The summed E-state index contributed by atoms with van der Waals surface area (Å²) in [5.41, 5.74) is 2.37. The summed E-state index contributed by atoms with van der Waals surface area (Å²) >= 11 is 0. The zero-order valence-electron chi connectivity index (χ0n) is 15.6. The van der Waals surface area contributed by atoms with Crippen molar-refractivity contribution in [1.82, 2.24) is 9.46 Å². The van der Waals surface area contributed by atoms with Crippen molar-refractivity contribution in [2.24, 2.45) is 0 Å². The van der Waals surface area contributed by atoms with Gasteiger partial charge in [0.2, 0.25) is 15.9 Å². The predicted octanol–water partition coefficient (Wildman–Crippen LogP) is 3.03. The number of nitrogens with one attached hydrogen (secondary N) is 1. The third-order valence-corrected chi connectivity index (χ3v) is 6.14. The van der Waals surface area contributed by atoms with E-state index in [1.54, 1.807) is 13.8 Å². The van der Waals surface area contributed by atoms with Gasteiger partial charge in [-0.25, -0.2) is 8.42 Å². The number of carbonyl (C=O) groups excluding carboxylic acids is 1. The van der Waals surface area contributed by atoms with Crippen LogP contribution in [0.2, 0.25) is 0 Å². The Balaban J connectivity index is 2.31. The molecule has 0 atom stereocenters. The molecule has 1 heterocycles. The van der Waals surface area contributed by atoms with E-state index in [1.165, 1.54) is 16.6 Å². The molecule has 0 aliphatic rings. The zero-order chi connectivity index (χ0) is 19.3. The standard InChI is InChI=1S/C18H25N3O4S/c1-5-6-8-21(12-17(22)19-16-7-9-25-20-16)26(23,24)18-14(3)10-13(2)11-15(18)4/h7,9-11H,5-6,8,12H2,1-4H3,(H,19,20,22). The number of hydrogen-bond acceptors (Lipinski definition) is 5. The molecule has 0 radical (unpaired) electrons. The van der Waals surface area contributed by atoms with Crippen LogP contribution in [-0.4, -0.2) is 36.9 Å². The van der Waals surface area contributed by atoms with E-state index in [2.05, 4.69) is 15.0 Å². The van der Waals surface area contributed by atoms with Gasteiger partial charge in [-0.05, 0) is 38.3 Å². The van der Waals surface area contributed by atoms with Crippen LogP contribution >= 0.6 is 0 Å². The minimum absolute atomic E-state index is 0.255. The third kappa shape index (κ3) is 4.70. The second-order valence-corrected chi connectivity index (χ2v) is 8.23. The highest BCUT2D eigenvalue weighted by atomic mass is 32.2. The fourth-order valence-corrected chi connectivity index (χ4v) is 4.79. The summed E-state index contributed by atoms with van der Waals surface area (Å²) in [6.45, 7) is 7.46. The average molecular weight is 379 g/mol. The lowest BCUT2D eigenvalue weighted by atomic mass is 10.1. The SMILES string of the molecule is CCCCN(CC(=O)Nc1ccon1)S(=O)(=O)c1c(C)cc(C)cc1C. The van der Waals surface area contributed by atoms with E-state index in [1.807, 2.05) is 26.0 Å². The zero-order valence-corrected chi connectivity index (χ0v) is 16.4. The summed E-state index contributed by atoms with van der Waals surface area (Å²) in [4.78, 5) is 12.6. The Morgan fingerprint density at radius 2 is 1.88 bits per heavy atom. The first-order valence-corrected chi connectivity index (χ1v) is 9.98. The van der Waals surface area contributed by atoms with Crippen molar-refractivity contribution in [3.63, 3.8) is 0 Å². The first-order chi connectivity index (χ1) is 12.3. The molecule has 0 saturated carbocycles. The second-order valence-electron chi connectivity index (χ2n) is 6.35. The minimum Gasteiger partial charge on any atom is -0.363 e. The van der Waals surface area contributed by atoms with E-state index in [9.17, 15) is 13.2 Å². The molecule has 0 saturated heterocycles. The van der Waals surface area contributed by atoms with Crippen LogP contribution in [0.4, 0.5) is 5.82 Å². The van der Waals surface area contributed by atoms with Gasteiger partial charge in [-0.1, -0.05) is 36.2 Å². The maximum Gasteiger partial charge on any atom is 0.244 e. The van der Waals surface area contributed by atoms with E-state index in [4.69, 9.17) is 0 Å². The Hall–Kier alpha value is -2.19. The molecule has 26 heavy (non-hydrogen) atoms. The van der Waals surface area contributed by atoms with Gasteiger partial charge in [0, 0.05) is 12.6 Å². The van der Waals surface area contributed by atoms with E-state index >= 15 is 0 Å². The topological polar surface area (TPSA) is 92.5 Å². The highest BCUT2D eigenvalue weighted by Gasteiger charge is 2.29. The number of amides is 1. The van der Waals surface area contributed by atoms with Gasteiger partial charge in [-0.2, -0.15) is 4.31 Å². The van der Waals surface area contributed by atoms with Gasteiger partial charge in [0.1, 0.15) is 6.26 Å². The van der Waals surface area contributed by atoms with Crippen LogP contribution in [0.3, 0.4) is 0 Å². The maximum atomic E-state index is 13.2. The smallest absolute Gasteiger partial charge is 0.244 e. The van der Waals surface area contributed by atoms with Gasteiger partial charge >= 0.3 is 0 Å². The normalized spacial score (nSPS) is 11.7. The van der Waals surface area contributed by atoms with Crippen LogP contribution in [0, 0.1) is 20.8 Å². The molecule has 1 aromatic carbocycles. The molecule has 142 valence electrons. The van der Waals surface area contributed by atoms with Gasteiger partial charge < -0.3 is 9.84 Å². The third-order valence-electron chi connectivity index (χ3n) is 3.99. The summed E-state index contributed by atoms with van der Waals surface area (Å²) in [5, 5.41) is 6.15. The van der Waals surface area contributed by atoms with Crippen molar-refractivity contribution in [1.29, 1.82) is 0 Å². The maximum absolute atomic E-state index is 13.2. The number of sulfonamides is 1. The number of nitrogens with zero attached hydrogens (tertiary/aromatic N) is 2. The van der Waals surface area contributed by atoms with Gasteiger partial charge in [-0.3, -0.25) is 4.79 Å². The molecule has 1 N–H and O–H groups in total. The number of benzene rings is 1. The van der Waals surface area contributed by atoms with Crippen LogP contribution in [0.25, 0.3) is 0 Å². The molecular weight excluding hydrogens is 354 g/mol. The Bertz CT molecular complexity index is 838. The molecule has 0 aliphatic carbocycles. The van der Waals surface area contributed by atoms with E-state index in [-0.39, 0.29) is 23.8 Å². The molecule has 8 heteroatoms. The lowest BCUT2D eigenvalue weighted by molar-refractivity contribution is -0.116. The Kier molecular flexibility index (Phi) is 6.55. The van der Waals surface area contributed by atoms with E-state index < -0.39 is 15.9 Å². The van der Waals surface area contributed by atoms with Crippen LogP contribution in [0.15, 0.2) is 33.9 Å². The van der Waals surface area contributed by atoms with Crippen molar-refractivity contribution in [3.05, 3.63) is 41.2 Å². The lowest BCUT2D eigenvalue weighted by Gasteiger charge is -2.23. The molecule has 1 amide bonds. The molecule has 0 fully saturated rings. The summed E-state index contributed by atoms with van der Waals surface area (Å²) in [7, 11) is -3.80. The van der Waals surface area contributed by atoms with Crippen LogP contribution in [0.1, 0.15) is 36.5 Å². The first kappa shape index (κ1) is 20.1. The molecule has 0 spiro atoms. The lowest BCUT2D eigenvalue weighted by Crippen LogP contribution is -2.39. The summed E-state index contributed by atoms with van der Waals surface area (Å²) < 4.78 is 32.4. The fraction of sp³-hybridized carbons (Fsp3) is 0.444. The van der Waals surface area contributed by atoms with Crippen molar-refractivity contribution < 1.29 is 17.7 Å². The molecule has 2 rings (SSSR count). The van der Waals surface area contributed by atoms with Crippen LogP contribution in [-0.2, 0) is 14.8 Å². The monoisotopic (exact) mass is 379 g/mol. The summed E-state index contributed by atoms with van der Waals surface area (Å²) in [6, 6.07) is 5.18. The van der Waals surface area contributed by atoms with Crippen LogP contribution < -0.4 is 5.32 Å². The molecule has 1 aromatic heterocycles. The van der Waals surface area contributed by atoms with Crippen molar-refractivity contribution in [3.8, 4) is 0 Å². The minimum atomic E-state index is -3.80. The number of hydrogen-bond donors (Lipinski definition) is 1. The highest BCUT2D eigenvalue weighted by molar-refractivity contribution is 7.89. The predicted molar refractivity (Wildman–Crippen MR) is 99.5 cm³/mol. The van der Waals surface area contributed by atoms with Crippen LogP contribution in [0.5, 0.6) is 0 Å². The largest absolute Gasteiger partial charge is 0.363 e.